The predicted octanol–water partition coefficient (Wildman–Crippen LogP) is 6.38. The predicted molar refractivity (Wildman–Crippen MR) is 138 cm³/mol. The summed E-state index contributed by atoms with van der Waals surface area (Å²) in [6.45, 7) is 8.91. The number of fused-ring (bicyclic) bond motifs is 2. The van der Waals surface area contributed by atoms with Crippen LogP contribution in [0.4, 0.5) is 0 Å². The Morgan fingerprint density at radius 3 is 1.39 bits per heavy atom. The Morgan fingerprint density at radius 1 is 0.583 bits per heavy atom. The third kappa shape index (κ3) is 4.77. The fraction of sp³-hybridized carbons (Fsp3) is 0.400. The van der Waals surface area contributed by atoms with E-state index in [-0.39, 0.29) is 35.9 Å². The van der Waals surface area contributed by atoms with Gasteiger partial charge in [-0.3, -0.25) is 0 Å². The number of rotatable bonds is 8. The quantitative estimate of drug-likeness (QED) is 0.357. The van der Waals surface area contributed by atoms with Gasteiger partial charge in [0.15, 0.2) is 23.0 Å². The van der Waals surface area contributed by atoms with Gasteiger partial charge in [-0.1, -0.05) is 39.8 Å². The monoisotopic (exact) mass is 490 g/mol. The minimum atomic E-state index is -0.340. The molecule has 6 nitrogen and oxygen atoms in total. The maximum atomic E-state index is 11.1. The van der Waals surface area contributed by atoms with Gasteiger partial charge in [0.05, 0.1) is 0 Å². The fourth-order valence-corrected chi connectivity index (χ4v) is 5.04. The van der Waals surface area contributed by atoms with Crippen molar-refractivity contribution in [1.29, 1.82) is 0 Å². The normalized spacial score (nSPS) is 14.3. The lowest BCUT2D eigenvalue weighted by Crippen LogP contribution is -2.21. The van der Waals surface area contributed by atoms with Crippen LogP contribution in [-0.2, 0) is 23.7 Å². The van der Waals surface area contributed by atoms with E-state index in [9.17, 15) is 10.2 Å². The molecule has 0 unspecified atom stereocenters. The zero-order chi connectivity index (χ0) is 25.5. The molecule has 0 spiro atoms. The summed E-state index contributed by atoms with van der Waals surface area (Å²) >= 11 is 0. The molecule has 0 aliphatic carbocycles. The van der Waals surface area contributed by atoms with Crippen molar-refractivity contribution in [3.8, 4) is 34.5 Å². The van der Waals surface area contributed by atoms with Gasteiger partial charge in [-0.15, -0.1) is 0 Å². The van der Waals surface area contributed by atoms with E-state index in [1.165, 1.54) is 0 Å². The van der Waals surface area contributed by atoms with Crippen LogP contribution in [0.15, 0.2) is 48.5 Å². The average Bonchev–Trinajstić information content (AvgIpc) is 3.51. The summed E-state index contributed by atoms with van der Waals surface area (Å²) in [6, 6.07) is 15.5. The molecule has 0 aromatic heterocycles. The molecule has 0 amide bonds. The minimum absolute atomic E-state index is 0.217. The number of hydrogen-bond acceptors (Lipinski definition) is 6. The molecule has 0 bridgehead atoms. The fourth-order valence-electron chi connectivity index (χ4n) is 5.04. The van der Waals surface area contributed by atoms with Gasteiger partial charge in [-0.2, -0.15) is 0 Å². The van der Waals surface area contributed by atoms with Gasteiger partial charge in [0.2, 0.25) is 13.6 Å². The van der Waals surface area contributed by atoms with Crippen LogP contribution in [0.1, 0.15) is 62.8 Å². The van der Waals surface area contributed by atoms with Crippen molar-refractivity contribution in [3.05, 3.63) is 70.8 Å². The zero-order valence-corrected chi connectivity index (χ0v) is 21.4. The van der Waals surface area contributed by atoms with Crippen LogP contribution in [0.25, 0.3) is 0 Å². The van der Waals surface area contributed by atoms with Gasteiger partial charge in [-0.25, -0.2) is 0 Å². The summed E-state index contributed by atoms with van der Waals surface area (Å²) in [6.07, 6.45) is 3.22. The SMILES string of the molecule is CC(C)(CCc1ccc2c(c1)OCO2)c1cc(O)c(C(C)(C)CCc2ccc3c(c2)OCO3)cc1O. The van der Waals surface area contributed by atoms with Crippen LogP contribution >= 0.6 is 0 Å². The highest BCUT2D eigenvalue weighted by molar-refractivity contribution is 5.51. The summed E-state index contributed by atoms with van der Waals surface area (Å²) < 4.78 is 21.8. The van der Waals surface area contributed by atoms with Gasteiger partial charge < -0.3 is 29.2 Å². The standard InChI is InChI=1S/C30H34O6/c1-29(2,11-9-19-5-7-25-27(13-19)35-17-33-25)21-15-24(32)22(16-23(21)31)30(3,4)12-10-20-6-8-26-28(14-20)36-18-34-26/h5-8,13-16,31-32H,9-12,17-18H2,1-4H3. The third-order valence-corrected chi connectivity index (χ3v) is 7.52. The van der Waals surface area contributed by atoms with E-state index in [0.29, 0.717) is 0 Å². The molecule has 3 aromatic rings. The van der Waals surface area contributed by atoms with Crippen molar-refractivity contribution >= 4 is 0 Å². The topological polar surface area (TPSA) is 77.4 Å². The highest BCUT2D eigenvalue weighted by atomic mass is 16.7. The molecule has 2 aliphatic heterocycles. The molecule has 0 saturated carbocycles. The Balaban J connectivity index is 1.29. The second kappa shape index (κ2) is 9.16. The molecule has 3 aromatic carbocycles. The Bertz CT molecular complexity index is 1180. The van der Waals surface area contributed by atoms with Crippen molar-refractivity contribution < 1.29 is 29.2 Å². The second-order valence-electron chi connectivity index (χ2n) is 11.0. The summed E-state index contributed by atoms with van der Waals surface area (Å²) in [5.41, 5.74) is 3.11. The maximum absolute atomic E-state index is 11.1. The van der Waals surface area contributed by atoms with Crippen molar-refractivity contribution in [2.24, 2.45) is 0 Å². The smallest absolute Gasteiger partial charge is 0.231 e. The first-order valence-corrected chi connectivity index (χ1v) is 12.5. The van der Waals surface area contributed by atoms with Crippen LogP contribution in [0.2, 0.25) is 0 Å². The second-order valence-corrected chi connectivity index (χ2v) is 11.0. The van der Waals surface area contributed by atoms with Crippen molar-refractivity contribution in [3.63, 3.8) is 0 Å². The Hall–Kier alpha value is -3.54. The first-order valence-electron chi connectivity index (χ1n) is 12.5. The van der Waals surface area contributed by atoms with Crippen LogP contribution in [0, 0.1) is 0 Å². The van der Waals surface area contributed by atoms with E-state index in [1.54, 1.807) is 12.1 Å². The van der Waals surface area contributed by atoms with Crippen LogP contribution in [0.5, 0.6) is 34.5 Å². The lowest BCUT2D eigenvalue weighted by Gasteiger charge is -2.30. The Kier molecular flexibility index (Phi) is 6.15. The van der Waals surface area contributed by atoms with Gasteiger partial charge in [0, 0.05) is 11.1 Å². The van der Waals surface area contributed by atoms with Crippen molar-refractivity contribution in [2.45, 2.75) is 64.2 Å². The first kappa shape index (κ1) is 24.2. The number of aryl methyl sites for hydroxylation is 2. The van der Waals surface area contributed by atoms with E-state index in [2.05, 4.69) is 27.7 Å². The van der Waals surface area contributed by atoms with Crippen molar-refractivity contribution in [2.75, 3.05) is 13.6 Å². The van der Waals surface area contributed by atoms with E-state index in [0.717, 1.165) is 70.9 Å². The highest BCUT2D eigenvalue weighted by Crippen LogP contribution is 2.44. The molecule has 5 rings (SSSR count). The molecular formula is C30H34O6. The molecule has 2 heterocycles. The molecule has 0 atom stereocenters. The molecule has 190 valence electrons. The van der Waals surface area contributed by atoms with Gasteiger partial charge in [0.1, 0.15) is 11.5 Å². The number of phenols is 2. The van der Waals surface area contributed by atoms with Gasteiger partial charge >= 0.3 is 0 Å². The number of benzene rings is 3. The summed E-state index contributed by atoms with van der Waals surface area (Å²) in [7, 11) is 0. The highest BCUT2D eigenvalue weighted by Gasteiger charge is 2.30. The minimum Gasteiger partial charge on any atom is -0.508 e. The molecule has 6 heteroatoms. The van der Waals surface area contributed by atoms with E-state index in [4.69, 9.17) is 18.9 Å². The zero-order valence-electron chi connectivity index (χ0n) is 21.4. The number of hydrogen-bond donors (Lipinski definition) is 2. The van der Waals surface area contributed by atoms with Gasteiger partial charge in [0.25, 0.3) is 0 Å². The van der Waals surface area contributed by atoms with Crippen LogP contribution in [-0.4, -0.2) is 23.8 Å². The summed E-state index contributed by atoms with van der Waals surface area (Å²) in [4.78, 5) is 0. The van der Waals surface area contributed by atoms with Crippen molar-refractivity contribution in [1.82, 2.24) is 0 Å². The summed E-state index contributed by atoms with van der Waals surface area (Å²) in [5, 5.41) is 22.1. The Labute approximate surface area is 212 Å². The number of aromatic hydroxyl groups is 2. The molecule has 0 saturated heterocycles. The summed E-state index contributed by atoms with van der Waals surface area (Å²) in [5.74, 6) is 3.54. The molecular weight excluding hydrogens is 456 g/mol. The van der Waals surface area contributed by atoms with E-state index in [1.807, 2.05) is 36.4 Å². The molecule has 2 aliphatic rings. The number of ether oxygens (including phenoxy) is 4. The van der Waals surface area contributed by atoms with Crippen LogP contribution in [0.3, 0.4) is 0 Å². The largest absolute Gasteiger partial charge is 0.508 e. The van der Waals surface area contributed by atoms with Crippen LogP contribution < -0.4 is 18.9 Å². The van der Waals surface area contributed by atoms with E-state index < -0.39 is 0 Å². The average molecular weight is 491 g/mol. The third-order valence-electron chi connectivity index (χ3n) is 7.52. The lowest BCUT2D eigenvalue weighted by molar-refractivity contribution is 0.173. The Morgan fingerprint density at radius 2 is 0.972 bits per heavy atom. The molecule has 36 heavy (non-hydrogen) atoms. The molecule has 0 fully saturated rings. The van der Waals surface area contributed by atoms with E-state index >= 15 is 0 Å². The molecule has 2 N–H and O–H groups in total. The first-order chi connectivity index (χ1) is 17.1. The lowest BCUT2D eigenvalue weighted by atomic mass is 9.75. The maximum Gasteiger partial charge on any atom is 0.231 e. The number of phenolic OH excluding ortho intramolecular Hbond substituents is 2. The van der Waals surface area contributed by atoms with Gasteiger partial charge in [-0.05, 0) is 84.0 Å². The molecule has 0 radical (unpaired) electrons.